The highest BCUT2D eigenvalue weighted by Gasteiger charge is 2.60. The van der Waals surface area contributed by atoms with E-state index < -0.39 is 0 Å². The van der Waals surface area contributed by atoms with Crippen LogP contribution in [0.2, 0.25) is 0 Å². The van der Waals surface area contributed by atoms with Gasteiger partial charge in [-0.15, -0.1) is 0 Å². The van der Waals surface area contributed by atoms with Gasteiger partial charge in [-0.1, -0.05) is 13.8 Å². The van der Waals surface area contributed by atoms with Crippen LogP contribution >= 0.6 is 0 Å². The van der Waals surface area contributed by atoms with Crippen LogP contribution in [0, 0.1) is 22.2 Å². The minimum absolute atomic E-state index is 0.271. The zero-order chi connectivity index (χ0) is 14.0. The first-order valence-electron chi connectivity index (χ1n) is 8.25. The van der Waals surface area contributed by atoms with Gasteiger partial charge >= 0.3 is 0 Å². The van der Waals surface area contributed by atoms with E-state index in [0.717, 1.165) is 12.3 Å². The van der Waals surface area contributed by atoms with Crippen molar-refractivity contribution in [2.75, 3.05) is 13.2 Å². The number of nitrogens with one attached hydrogen (secondary N) is 1. The van der Waals surface area contributed by atoms with Crippen molar-refractivity contribution in [2.24, 2.45) is 22.2 Å². The Morgan fingerprint density at radius 1 is 1.10 bits per heavy atom. The topological polar surface area (TPSA) is 38.3 Å². The van der Waals surface area contributed by atoms with Crippen molar-refractivity contribution < 1.29 is 9.53 Å². The first kappa shape index (κ1) is 13.1. The Bertz CT molecular complexity index is 424. The summed E-state index contributed by atoms with van der Waals surface area (Å²) < 4.78 is 5.15. The lowest BCUT2D eigenvalue weighted by molar-refractivity contribution is -0.157. The molecule has 0 spiro atoms. The van der Waals surface area contributed by atoms with Crippen molar-refractivity contribution in [3.8, 4) is 0 Å². The summed E-state index contributed by atoms with van der Waals surface area (Å²) in [5.41, 5.74) is 1.32. The fourth-order valence-electron chi connectivity index (χ4n) is 6.82. The van der Waals surface area contributed by atoms with Gasteiger partial charge in [0.1, 0.15) is 0 Å². The van der Waals surface area contributed by atoms with Crippen LogP contribution in [0.25, 0.3) is 0 Å². The minimum atomic E-state index is 0.271. The zero-order valence-electron chi connectivity index (χ0n) is 12.8. The molecule has 4 saturated carbocycles. The molecule has 5 rings (SSSR count). The molecule has 5 aliphatic rings. The van der Waals surface area contributed by atoms with Crippen LogP contribution < -0.4 is 5.32 Å². The monoisotopic (exact) mass is 277 g/mol. The highest BCUT2D eigenvalue weighted by Crippen LogP contribution is 2.70. The predicted molar refractivity (Wildman–Crippen MR) is 77.2 cm³/mol. The van der Waals surface area contributed by atoms with E-state index in [4.69, 9.17) is 4.74 Å². The molecule has 3 nitrogen and oxygen atoms in total. The third-order valence-corrected chi connectivity index (χ3v) is 6.28. The average Bonchev–Trinajstić information content (AvgIpc) is 2.17. The second kappa shape index (κ2) is 4.00. The maximum absolute atomic E-state index is 12.4. The Hall–Kier alpha value is -0.570. The van der Waals surface area contributed by atoms with E-state index in [0.29, 0.717) is 29.5 Å². The van der Waals surface area contributed by atoms with Crippen LogP contribution in [0.5, 0.6) is 0 Å². The predicted octanol–water partition coefficient (Wildman–Crippen LogP) is 2.89. The molecule has 0 radical (unpaired) electrons. The van der Waals surface area contributed by atoms with Crippen LogP contribution in [-0.4, -0.2) is 25.2 Å². The molecule has 20 heavy (non-hydrogen) atoms. The Kier molecular flexibility index (Phi) is 2.62. The van der Waals surface area contributed by atoms with E-state index in [1.807, 2.05) is 0 Å². The maximum atomic E-state index is 12.4. The number of carbonyl (C=O) groups is 1. The molecular formula is C17H27NO2. The van der Waals surface area contributed by atoms with E-state index in [2.05, 4.69) is 19.2 Å². The number of carbonyl (C=O) groups excluding carboxylic acids is 1. The SMILES string of the molecule is CC12CC3CC(C)(C1)CC(CC(=O)NC1COC1)(C3)C2. The second-order valence-corrected chi connectivity index (χ2v) is 9.11. The van der Waals surface area contributed by atoms with Crippen LogP contribution in [0.1, 0.15) is 58.8 Å². The Morgan fingerprint density at radius 3 is 2.25 bits per heavy atom. The Labute approximate surface area is 121 Å². The lowest BCUT2D eigenvalue weighted by Crippen LogP contribution is -2.57. The van der Waals surface area contributed by atoms with Crippen molar-refractivity contribution in [1.82, 2.24) is 5.32 Å². The van der Waals surface area contributed by atoms with Crippen LogP contribution in [0.15, 0.2) is 0 Å². The first-order chi connectivity index (χ1) is 9.38. The summed E-state index contributed by atoms with van der Waals surface area (Å²) >= 11 is 0. The van der Waals surface area contributed by atoms with Gasteiger partial charge in [0.2, 0.25) is 5.91 Å². The molecule has 5 fully saturated rings. The lowest BCUT2D eigenvalue weighted by atomic mass is 9.40. The molecular weight excluding hydrogens is 250 g/mol. The molecule has 3 heteroatoms. The number of ether oxygens (including phenoxy) is 1. The van der Waals surface area contributed by atoms with Gasteiger partial charge in [-0.05, 0) is 60.7 Å². The van der Waals surface area contributed by atoms with Crippen molar-refractivity contribution in [3.63, 3.8) is 0 Å². The van der Waals surface area contributed by atoms with Gasteiger partial charge in [0.05, 0.1) is 19.3 Å². The number of hydrogen-bond donors (Lipinski definition) is 1. The van der Waals surface area contributed by atoms with Gasteiger partial charge in [-0.3, -0.25) is 4.79 Å². The average molecular weight is 277 g/mol. The molecule has 0 aromatic heterocycles. The highest BCUT2D eigenvalue weighted by molar-refractivity contribution is 5.77. The number of amides is 1. The normalized spacial score (nSPS) is 50.0. The van der Waals surface area contributed by atoms with Crippen molar-refractivity contribution in [3.05, 3.63) is 0 Å². The quantitative estimate of drug-likeness (QED) is 0.861. The summed E-state index contributed by atoms with van der Waals surface area (Å²) in [4.78, 5) is 12.4. The standard InChI is InChI=1S/C17H27NO2/c1-15-3-12-4-16(2,9-15)11-17(5-12,10-15)6-14(19)18-13-7-20-8-13/h12-13H,3-11H2,1-2H3,(H,18,19). The Morgan fingerprint density at radius 2 is 1.75 bits per heavy atom. The summed E-state index contributed by atoms with van der Waals surface area (Å²) in [5.74, 6) is 1.15. The molecule has 1 amide bonds. The van der Waals surface area contributed by atoms with Gasteiger partial charge in [0, 0.05) is 6.42 Å². The maximum Gasteiger partial charge on any atom is 0.220 e. The molecule has 1 saturated heterocycles. The summed E-state index contributed by atoms with van der Waals surface area (Å²) in [6.45, 7) is 6.36. The van der Waals surface area contributed by atoms with Gasteiger partial charge in [-0.25, -0.2) is 0 Å². The van der Waals surface area contributed by atoms with Gasteiger partial charge in [0.25, 0.3) is 0 Å². The molecule has 2 atom stereocenters. The molecule has 1 heterocycles. The summed E-state index contributed by atoms with van der Waals surface area (Å²) in [6.07, 6.45) is 8.81. The summed E-state index contributed by atoms with van der Waals surface area (Å²) in [7, 11) is 0. The molecule has 2 unspecified atom stereocenters. The first-order valence-corrected chi connectivity index (χ1v) is 8.25. The molecule has 1 N–H and O–H groups in total. The van der Waals surface area contributed by atoms with Gasteiger partial charge < -0.3 is 10.1 Å². The zero-order valence-corrected chi connectivity index (χ0v) is 12.8. The number of hydrogen-bond acceptors (Lipinski definition) is 2. The lowest BCUT2D eigenvalue weighted by Gasteiger charge is -2.65. The van der Waals surface area contributed by atoms with Gasteiger partial charge in [0.15, 0.2) is 0 Å². The third-order valence-electron chi connectivity index (χ3n) is 6.28. The van der Waals surface area contributed by atoms with Gasteiger partial charge in [-0.2, -0.15) is 0 Å². The highest BCUT2D eigenvalue weighted by atomic mass is 16.5. The second-order valence-electron chi connectivity index (χ2n) is 9.11. The molecule has 4 aliphatic carbocycles. The molecule has 0 aromatic rings. The molecule has 112 valence electrons. The third kappa shape index (κ3) is 2.09. The molecule has 0 aromatic carbocycles. The van der Waals surface area contributed by atoms with Crippen LogP contribution in [0.3, 0.4) is 0 Å². The molecule has 4 bridgehead atoms. The van der Waals surface area contributed by atoms with E-state index in [-0.39, 0.29) is 11.9 Å². The fourth-order valence-corrected chi connectivity index (χ4v) is 6.82. The summed E-state index contributed by atoms with van der Waals surface area (Å²) in [6, 6.07) is 0.280. The van der Waals surface area contributed by atoms with E-state index in [9.17, 15) is 4.79 Å². The van der Waals surface area contributed by atoms with E-state index in [1.54, 1.807) is 0 Å². The summed E-state index contributed by atoms with van der Waals surface area (Å²) in [5, 5.41) is 3.15. The fraction of sp³-hybridized carbons (Fsp3) is 0.941. The van der Waals surface area contributed by atoms with Crippen molar-refractivity contribution in [1.29, 1.82) is 0 Å². The van der Waals surface area contributed by atoms with Crippen LogP contribution in [0.4, 0.5) is 0 Å². The minimum Gasteiger partial charge on any atom is -0.377 e. The van der Waals surface area contributed by atoms with Crippen LogP contribution in [-0.2, 0) is 9.53 Å². The van der Waals surface area contributed by atoms with Crippen molar-refractivity contribution in [2.45, 2.75) is 64.8 Å². The number of rotatable bonds is 3. The van der Waals surface area contributed by atoms with E-state index >= 15 is 0 Å². The molecule has 1 aliphatic heterocycles. The van der Waals surface area contributed by atoms with Crippen molar-refractivity contribution >= 4 is 5.91 Å². The Balaban J connectivity index is 1.50. The largest absolute Gasteiger partial charge is 0.377 e. The van der Waals surface area contributed by atoms with E-state index in [1.165, 1.54) is 38.5 Å². The smallest absolute Gasteiger partial charge is 0.220 e.